The van der Waals surface area contributed by atoms with Crippen molar-refractivity contribution in [1.82, 2.24) is 4.98 Å². The molecule has 0 amide bonds. The SMILES string of the molecule is CC(C)(C)c1cccc(Oc2ccncc2C(=O)O)c1. The Morgan fingerprint density at radius 2 is 2.00 bits per heavy atom. The van der Waals surface area contributed by atoms with Crippen LogP contribution >= 0.6 is 0 Å². The van der Waals surface area contributed by atoms with Crippen LogP contribution < -0.4 is 4.74 Å². The first kappa shape index (κ1) is 14.1. The van der Waals surface area contributed by atoms with Crippen molar-refractivity contribution in [2.45, 2.75) is 26.2 Å². The average molecular weight is 271 g/mol. The second-order valence-corrected chi connectivity index (χ2v) is 5.56. The maximum Gasteiger partial charge on any atom is 0.341 e. The highest BCUT2D eigenvalue weighted by atomic mass is 16.5. The lowest BCUT2D eigenvalue weighted by Gasteiger charge is -2.19. The summed E-state index contributed by atoms with van der Waals surface area (Å²) in [5.41, 5.74) is 1.18. The fraction of sp³-hybridized carbons (Fsp3) is 0.250. The molecule has 1 aromatic carbocycles. The van der Waals surface area contributed by atoms with E-state index >= 15 is 0 Å². The Bertz CT molecular complexity index is 630. The van der Waals surface area contributed by atoms with Crippen molar-refractivity contribution in [3.05, 3.63) is 53.9 Å². The summed E-state index contributed by atoms with van der Waals surface area (Å²) in [5, 5.41) is 9.11. The molecular formula is C16H17NO3. The van der Waals surface area contributed by atoms with Crippen LogP contribution in [0.5, 0.6) is 11.5 Å². The van der Waals surface area contributed by atoms with E-state index in [0.717, 1.165) is 5.56 Å². The molecule has 0 saturated carbocycles. The summed E-state index contributed by atoms with van der Waals surface area (Å²) in [4.78, 5) is 14.9. The lowest BCUT2D eigenvalue weighted by atomic mass is 9.87. The molecule has 0 unspecified atom stereocenters. The summed E-state index contributed by atoms with van der Waals surface area (Å²) in [7, 11) is 0. The van der Waals surface area contributed by atoms with Crippen molar-refractivity contribution in [2.24, 2.45) is 0 Å². The zero-order valence-corrected chi connectivity index (χ0v) is 11.8. The number of rotatable bonds is 3. The number of carboxylic acid groups (broad SMARTS) is 1. The Labute approximate surface area is 118 Å². The van der Waals surface area contributed by atoms with Crippen LogP contribution in [0.2, 0.25) is 0 Å². The van der Waals surface area contributed by atoms with Crippen LogP contribution in [0.25, 0.3) is 0 Å². The number of benzene rings is 1. The molecule has 0 aliphatic carbocycles. The number of aromatic nitrogens is 1. The van der Waals surface area contributed by atoms with E-state index in [1.165, 1.54) is 12.4 Å². The Kier molecular flexibility index (Phi) is 3.74. The fourth-order valence-electron chi connectivity index (χ4n) is 1.78. The summed E-state index contributed by atoms with van der Waals surface area (Å²) < 4.78 is 5.69. The van der Waals surface area contributed by atoms with E-state index in [2.05, 4.69) is 25.8 Å². The van der Waals surface area contributed by atoms with Gasteiger partial charge in [-0.1, -0.05) is 32.9 Å². The highest BCUT2D eigenvalue weighted by molar-refractivity contribution is 5.90. The van der Waals surface area contributed by atoms with Gasteiger partial charge in [0.15, 0.2) is 0 Å². The quantitative estimate of drug-likeness (QED) is 0.920. The molecule has 4 nitrogen and oxygen atoms in total. The normalized spacial score (nSPS) is 11.2. The molecular weight excluding hydrogens is 254 g/mol. The molecule has 20 heavy (non-hydrogen) atoms. The highest BCUT2D eigenvalue weighted by Gasteiger charge is 2.15. The number of nitrogens with zero attached hydrogens (tertiary/aromatic N) is 1. The van der Waals surface area contributed by atoms with Crippen LogP contribution in [-0.4, -0.2) is 16.1 Å². The lowest BCUT2D eigenvalue weighted by molar-refractivity contribution is 0.0693. The molecule has 0 saturated heterocycles. The van der Waals surface area contributed by atoms with Crippen molar-refractivity contribution < 1.29 is 14.6 Å². The second-order valence-electron chi connectivity index (χ2n) is 5.56. The average Bonchev–Trinajstić information content (AvgIpc) is 2.38. The fourth-order valence-corrected chi connectivity index (χ4v) is 1.78. The third kappa shape index (κ3) is 3.15. The molecule has 2 rings (SSSR count). The molecule has 2 aromatic rings. The molecule has 1 N–H and O–H groups in total. The number of hydrogen-bond donors (Lipinski definition) is 1. The Balaban J connectivity index is 2.34. The lowest BCUT2D eigenvalue weighted by Crippen LogP contribution is -2.10. The summed E-state index contributed by atoms with van der Waals surface area (Å²) in [6, 6.07) is 9.20. The van der Waals surface area contributed by atoms with Crippen molar-refractivity contribution in [2.75, 3.05) is 0 Å². The van der Waals surface area contributed by atoms with Gasteiger partial charge in [-0.25, -0.2) is 4.79 Å². The summed E-state index contributed by atoms with van der Waals surface area (Å²) in [6.45, 7) is 6.34. The Hall–Kier alpha value is -2.36. The van der Waals surface area contributed by atoms with E-state index in [1.807, 2.05) is 18.2 Å². The van der Waals surface area contributed by atoms with E-state index in [-0.39, 0.29) is 11.0 Å². The minimum absolute atomic E-state index is 0.00718. The van der Waals surface area contributed by atoms with Gasteiger partial charge in [-0.15, -0.1) is 0 Å². The predicted octanol–water partition coefficient (Wildman–Crippen LogP) is 3.87. The highest BCUT2D eigenvalue weighted by Crippen LogP contribution is 2.29. The second kappa shape index (κ2) is 5.33. The zero-order valence-electron chi connectivity index (χ0n) is 11.8. The van der Waals surface area contributed by atoms with Crippen LogP contribution in [0.4, 0.5) is 0 Å². The first-order chi connectivity index (χ1) is 9.38. The van der Waals surface area contributed by atoms with E-state index < -0.39 is 5.97 Å². The molecule has 0 spiro atoms. The Morgan fingerprint density at radius 3 is 2.65 bits per heavy atom. The predicted molar refractivity (Wildman–Crippen MR) is 76.4 cm³/mol. The first-order valence-corrected chi connectivity index (χ1v) is 6.33. The van der Waals surface area contributed by atoms with Gasteiger partial charge in [-0.2, -0.15) is 0 Å². The minimum Gasteiger partial charge on any atom is -0.477 e. The number of aromatic carboxylic acids is 1. The van der Waals surface area contributed by atoms with Crippen LogP contribution in [-0.2, 0) is 5.41 Å². The third-order valence-corrected chi connectivity index (χ3v) is 2.94. The molecule has 0 bridgehead atoms. The van der Waals surface area contributed by atoms with Gasteiger partial charge in [0.2, 0.25) is 0 Å². The first-order valence-electron chi connectivity index (χ1n) is 6.33. The third-order valence-electron chi connectivity index (χ3n) is 2.94. The molecule has 104 valence electrons. The molecule has 0 aliphatic heterocycles. The minimum atomic E-state index is -1.06. The molecule has 1 aromatic heterocycles. The van der Waals surface area contributed by atoms with Crippen LogP contribution in [0.3, 0.4) is 0 Å². The maximum absolute atomic E-state index is 11.1. The van der Waals surface area contributed by atoms with Crippen molar-refractivity contribution in [1.29, 1.82) is 0 Å². The topological polar surface area (TPSA) is 59.4 Å². The van der Waals surface area contributed by atoms with E-state index in [1.54, 1.807) is 12.1 Å². The maximum atomic E-state index is 11.1. The van der Waals surface area contributed by atoms with Gasteiger partial charge in [0.1, 0.15) is 17.1 Å². The van der Waals surface area contributed by atoms with E-state index in [4.69, 9.17) is 9.84 Å². The largest absolute Gasteiger partial charge is 0.477 e. The van der Waals surface area contributed by atoms with E-state index in [9.17, 15) is 4.79 Å². The van der Waals surface area contributed by atoms with Crippen molar-refractivity contribution in [3.63, 3.8) is 0 Å². The van der Waals surface area contributed by atoms with Crippen LogP contribution in [0.15, 0.2) is 42.7 Å². The van der Waals surface area contributed by atoms with Crippen molar-refractivity contribution in [3.8, 4) is 11.5 Å². The van der Waals surface area contributed by atoms with Gasteiger partial charge in [0.05, 0.1) is 0 Å². The molecule has 0 aliphatic rings. The molecule has 0 radical (unpaired) electrons. The Morgan fingerprint density at radius 1 is 1.25 bits per heavy atom. The van der Waals surface area contributed by atoms with Gasteiger partial charge >= 0.3 is 5.97 Å². The molecule has 1 heterocycles. The van der Waals surface area contributed by atoms with Gasteiger partial charge in [0, 0.05) is 18.5 Å². The summed E-state index contributed by atoms with van der Waals surface area (Å²) in [5.74, 6) is -0.148. The number of carbonyl (C=O) groups is 1. The summed E-state index contributed by atoms with van der Waals surface area (Å²) >= 11 is 0. The van der Waals surface area contributed by atoms with Gasteiger partial charge in [-0.05, 0) is 23.1 Å². The van der Waals surface area contributed by atoms with E-state index in [0.29, 0.717) is 11.5 Å². The number of pyridine rings is 1. The number of carboxylic acids is 1. The number of ether oxygens (including phenoxy) is 1. The zero-order chi connectivity index (χ0) is 14.8. The van der Waals surface area contributed by atoms with Gasteiger partial charge < -0.3 is 9.84 Å². The number of hydrogen-bond acceptors (Lipinski definition) is 3. The van der Waals surface area contributed by atoms with Gasteiger partial charge in [-0.3, -0.25) is 4.98 Å². The summed E-state index contributed by atoms with van der Waals surface area (Å²) in [6.07, 6.45) is 2.79. The standard InChI is InChI=1S/C16H17NO3/c1-16(2,3)11-5-4-6-12(9-11)20-14-7-8-17-10-13(14)15(18)19/h4-10H,1-3H3,(H,18,19). The molecule has 4 heteroatoms. The monoisotopic (exact) mass is 271 g/mol. The van der Waals surface area contributed by atoms with Gasteiger partial charge in [0.25, 0.3) is 0 Å². The molecule has 0 fully saturated rings. The van der Waals surface area contributed by atoms with Crippen LogP contribution in [0, 0.1) is 0 Å². The smallest absolute Gasteiger partial charge is 0.341 e. The van der Waals surface area contributed by atoms with Crippen LogP contribution in [0.1, 0.15) is 36.7 Å². The van der Waals surface area contributed by atoms with Crippen molar-refractivity contribution >= 4 is 5.97 Å². The molecule has 0 atom stereocenters.